The van der Waals surface area contributed by atoms with Gasteiger partial charge in [0.05, 0.1) is 18.8 Å². The van der Waals surface area contributed by atoms with Crippen LogP contribution in [0.2, 0.25) is 0 Å². The lowest BCUT2D eigenvalue weighted by molar-refractivity contribution is 0.0330. The van der Waals surface area contributed by atoms with Gasteiger partial charge in [0.25, 0.3) is 0 Å². The van der Waals surface area contributed by atoms with Crippen molar-refractivity contribution in [3.05, 3.63) is 0 Å². The molecule has 3 heteroatoms. The van der Waals surface area contributed by atoms with Crippen molar-refractivity contribution >= 4 is 11.6 Å². The van der Waals surface area contributed by atoms with E-state index in [1.54, 1.807) is 0 Å². The monoisotopic (exact) mass is 187 g/mol. The minimum Gasteiger partial charge on any atom is -0.376 e. The van der Waals surface area contributed by atoms with Crippen molar-refractivity contribution in [2.24, 2.45) is 0 Å². The molecule has 1 saturated carbocycles. The standard InChI is InChI=1S/C9H14ClNO/c10-8(6-11)7-12-9-4-2-1-3-5-9/h8-9H,1-5,7H2. The number of halogens is 1. The molecular formula is C9H14ClNO. The molecule has 0 N–H and O–H groups in total. The summed E-state index contributed by atoms with van der Waals surface area (Å²) in [6.07, 6.45) is 6.45. The summed E-state index contributed by atoms with van der Waals surface area (Å²) < 4.78 is 5.48. The Morgan fingerprint density at radius 2 is 2.08 bits per heavy atom. The maximum absolute atomic E-state index is 8.40. The van der Waals surface area contributed by atoms with E-state index in [1.807, 2.05) is 6.07 Å². The molecule has 1 unspecified atom stereocenters. The molecular weight excluding hydrogens is 174 g/mol. The second-order valence-electron chi connectivity index (χ2n) is 3.19. The van der Waals surface area contributed by atoms with Crippen LogP contribution in [0.5, 0.6) is 0 Å². The maximum atomic E-state index is 8.40. The van der Waals surface area contributed by atoms with Crippen molar-refractivity contribution in [1.29, 1.82) is 5.26 Å². The lowest BCUT2D eigenvalue weighted by Gasteiger charge is -2.21. The van der Waals surface area contributed by atoms with Crippen LogP contribution < -0.4 is 0 Å². The Bertz CT molecular complexity index is 160. The molecule has 1 fully saturated rings. The Labute approximate surface area is 78.5 Å². The summed E-state index contributed by atoms with van der Waals surface area (Å²) in [5, 5.41) is 7.92. The number of hydrogen-bond donors (Lipinski definition) is 0. The summed E-state index contributed by atoms with van der Waals surface area (Å²) >= 11 is 5.60. The highest BCUT2D eigenvalue weighted by atomic mass is 35.5. The summed E-state index contributed by atoms with van der Waals surface area (Å²) in [7, 11) is 0. The average molecular weight is 188 g/mol. The van der Waals surface area contributed by atoms with Crippen molar-refractivity contribution < 1.29 is 4.74 Å². The molecule has 0 bridgehead atoms. The van der Waals surface area contributed by atoms with E-state index in [-0.39, 0.29) is 0 Å². The van der Waals surface area contributed by atoms with Gasteiger partial charge in [-0.05, 0) is 12.8 Å². The van der Waals surface area contributed by atoms with Crippen LogP contribution in [-0.4, -0.2) is 18.1 Å². The van der Waals surface area contributed by atoms with E-state index in [0.717, 1.165) is 12.8 Å². The first-order valence-electron chi connectivity index (χ1n) is 4.48. The van der Waals surface area contributed by atoms with Crippen LogP contribution in [0.25, 0.3) is 0 Å². The number of nitriles is 1. The zero-order valence-electron chi connectivity index (χ0n) is 7.13. The smallest absolute Gasteiger partial charge is 0.143 e. The van der Waals surface area contributed by atoms with Gasteiger partial charge in [0.15, 0.2) is 0 Å². The number of hydrogen-bond acceptors (Lipinski definition) is 2. The SMILES string of the molecule is N#CC(Cl)COC1CCCCC1. The average Bonchev–Trinajstić information content (AvgIpc) is 2.16. The quantitative estimate of drug-likeness (QED) is 0.636. The molecule has 0 spiro atoms. The maximum Gasteiger partial charge on any atom is 0.143 e. The Kier molecular flexibility index (Phi) is 4.42. The number of rotatable bonds is 3. The van der Waals surface area contributed by atoms with Crippen LogP contribution >= 0.6 is 11.6 Å². The molecule has 0 radical (unpaired) electrons. The summed E-state index contributed by atoms with van der Waals surface area (Å²) in [4.78, 5) is 0. The molecule has 0 aromatic rings. The fourth-order valence-electron chi connectivity index (χ4n) is 1.49. The van der Waals surface area contributed by atoms with Gasteiger partial charge in [0.1, 0.15) is 5.38 Å². The topological polar surface area (TPSA) is 33.0 Å². The van der Waals surface area contributed by atoms with E-state index in [4.69, 9.17) is 21.6 Å². The van der Waals surface area contributed by atoms with Crippen LogP contribution in [0.1, 0.15) is 32.1 Å². The summed E-state index contributed by atoms with van der Waals surface area (Å²) in [6, 6.07) is 1.94. The van der Waals surface area contributed by atoms with Crippen molar-refractivity contribution in [2.75, 3.05) is 6.61 Å². The summed E-state index contributed by atoms with van der Waals surface area (Å²) in [6.45, 7) is 0.378. The van der Waals surface area contributed by atoms with Crippen molar-refractivity contribution in [2.45, 2.75) is 43.6 Å². The largest absolute Gasteiger partial charge is 0.376 e. The van der Waals surface area contributed by atoms with Gasteiger partial charge in [-0.2, -0.15) is 5.26 Å². The molecule has 0 aromatic carbocycles. The predicted molar refractivity (Wildman–Crippen MR) is 48.1 cm³/mol. The predicted octanol–water partition coefficient (Wildman–Crippen LogP) is 2.47. The molecule has 0 aromatic heterocycles. The van der Waals surface area contributed by atoms with Gasteiger partial charge >= 0.3 is 0 Å². The highest BCUT2D eigenvalue weighted by Gasteiger charge is 2.14. The van der Waals surface area contributed by atoms with E-state index < -0.39 is 5.38 Å². The van der Waals surface area contributed by atoms with Gasteiger partial charge in [-0.25, -0.2) is 0 Å². The van der Waals surface area contributed by atoms with Crippen molar-refractivity contribution in [3.63, 3.8) is 0 Å². The van der Waals surface area contributed by atoms with E-state index in [1.165, 1.54) is 19.3 Å². The van der Waals surface area contributed by atoms with Crippen LogP contribution in [0.3, 0.4) is 0 Å². The van der Waals surface area contributed by atoms with E-state index >= 15 is 0 Å². The third kappa shape index (κ3) is 3.42. The number of ether oxygens (including phenoxy) is 1. The third-order valence-electron chi connectivity index (χ3n) is 2.17. The zero-order chi connectivity index (χ0) is 8.81. The van der Waals surface area contributed by atoms with E-state index in [2.05, 4.69) is 0 Å². The van der Waals surface area contributed by atoms with Gasteiger partial charge in [-0.1, -0.05) is 19.3 Å². The Balaban J connectivity index is 2.10. The Morgan fingerprint density at radius 3 is 2.67 bits per heavy atom. The second kappa shape index (κ2) is 5.40. The molecule has 1 rings (SSSR count). The minimum atomic E-state index is -0.480. The first-order chi connectivity index (χ1) is 5.83. The minimum absolute atomic E-state index is 0.355. The summed E-state index contributed by atoms with van der Waals surface area (Å²) in [5.74, 6) is 0. The van der Waals surface area contributed by atoms with Gasteiger partial charge < -0.3 is 4.74 Å². The number of alkyl halides is 1. The van der Waals surface area contributed by atoms with Gasteiger partial charge in [0.2, 0.25) is 0 Å². The van der Waals surface area contributed by atoms with E-state index in [0.29, 0.717) is 12.7 Å². The Morgan fingerprint density at radius 1 is 1.42 bits per heavy atom. The van der Waals surface area contributed by atoms with Gasteiger partial charge in [-0.15, -0.1) is 11.6 Å². The molecule has 0 heterocycles. The zero-order valence-corrected chi connectivity index (χ0v) is 7.89. The molecule has 1 atom stereocenters. The van der Waals surface area contributed by atoms with E-state index in [9.17, 15) is 0 Å². The first-order valence-corrected chi connectivity index (χ1v) is 4.92. The molecule has 12 heavy (non-hydrogen) atoms. The van der Waals surface area contributed by atoms with Crippen LogP contribution in [0, 0.1) is 11.3 Å². The molecule has 68 valence electrons. The van der Waals surface area contributed by atoms with Crippen molar-refractivity contribution in [1.82, 2.24) is 0 Å². The van der Waals surface area contributed by atoms with Crippen LogP contribution in [0.15, 0.2) is 0 Å². The first kappa shape index (κ1) is 9.83. The summed E-state index contributed by atoms with van der Waals surface area (Å²) in [5.41, 5.74) is 0. The Hall–Kier alpha value is -0.260. The molecule has 0 aliphatic heterocycles. The van der Waals surface area contributed by atoms with Crippen LogP contribution in [-0.2, 0) is 4.74 Å². The normalized spacial score (nSPS) is 21.7. The van der Waals surface area contributed by atoms with Crippen LogP contribution in [0.4, 0.5) is 0 Å². The second-order valence-corrected chi connectivity index (χ2v) is 3.72. The molecule has 1 aliphatic rings. The number of nitrogens with zero attached hydrogens (tertiary/aromatic N) is 1. The molecule has 2 nitrogen and oxygen atoms in total. The lowest BCUT2D eigenvalue weighted by atomic mass is 9.98. The van der Waals surface area contributed by atoms with Gasteiger partial charge in [-0.3, -0.25) is 0 Å². The van der Waals surface area contributed by atoms with Crippen molar-refractivity contribution in [3.8, 4) is 6.07 Å². The highest BCUT2D eigenvalue weighted by Crippen LogP contribution is 2.20. The highest BCUT2D eigenvalue weighted by molar-refractivity contribution is 6.22. The fourth-order valence-corrected chi connectivity index (χ4v) is 1.56. The van der Waals surface area contributed by atoms with Gasteiger partial charge in [0, 0.05) is 0 Å². The molecule has 0 amide bonds. The third-order valence-corrected chi connectivity index (χ3v) is 2.39. The molecule has 0 saturated heterocycles. The fraction of sp³-hybridized carbons (Fsp3) is 0.889. The lowest BCUT2D eigenvalue weighted by Crippen LogP contribution is -2.20. The molecule has 1 aliphatic carbocycles.